The van der Waals surface area contributed by atoms with E-state index in [0.717, 1.165) is 10.8 Å². The van der Waals surface area contributed by atoms with Crippen LogP contribution in [0.2, 0.25) is 0 Å². The van der Waals surface area contributed by atoms with E-state index in [-0.39, 0.29) is 37.4 Å². The van der Waals surface area contributed by atoms with E-state index in [4.69, 9.17) is 11.5 Å². The first-order valence-corrected chi connectivity index (χ1v) is 12.3. The molecule has 3 aromatic carbocycles. The number of fused-ring (bicyclic) bond motifs is 1. The minimum atomic E-state index is -5.42. The molecule has 2 atom stereocenters. The number of nitrogens with one attached hydrogen (secondary N) is 1. The maximum absolute atomic E-state index is 13.6. The fraction of sp³-hybridized carbons (Fsp3) is 0.321. The second-order valence-electron chi connectivity index (χ2n) is 9.29. The molecule has 3 aromatic rings. The molecule has 3 rings (SSSR count). The van der Waals surface area contributed by atoms with Crippen LogP contribution in [0.4, 0.5) is 13.2 Å². The second-order valence-corrected chi connectivity index (χ2v) is 9.29. The van der Waals surface area contributed by atoms with E-state index in [1.807, 2.05) is 24.3 Å². The van der Waals surface area contributed by atoms with Crippen LogP contribution >= 0.6 is 0 Å². The number of nitrogens with two attached hydrogens (primary N) is 2. The van der Waals surface area contributed by atoms with Gasteiger partial charge in [-0.3, -0.25) is 9.59 Å². The number of rotatable bonds is 10. The van der Waals surface area contributed by atoms with Crippen molar-refractivity contribution in [1.29, 1.82) is 0 Å². The molecular weight excluding hydrogens is 513 g/mol. The van der Waals surface area contributed by atoms with Crippen LogP contribution in [0.1, 0.15) is 30.9 Å². The molecule has 0 bridgehead atoms. The summed E-state index contributed by atoms with van der Waals surface area (Å²) in [7, 11) is 0. The lowest BCUT2D eigenvalue weighted by Crippen LogP contribution is -2.63. The summed E-state index contributed by atoms with van der Waals surface area (Å²) in [6.07, 6.45) is -5.56. The zero-order valence-corrected chi connectivity index (χ0v) is 21.4. The van der Waals surface area contributed by atoms with Crippen LogP contribution in [0.15, 0.2) is 72.8 Å². The van der Waals surface area contributed by atoms with Crippen molar-refractivity contribution in [3.8, 4) is 0 Å². The number of benzene rings is 3. The molecule has 0 saturated carbocycles. The average Bonchev–Trinajstić information content (AvgIpc) is 2.93. The molecule has 0 aliphatic heterocycles. The van der Waals surface area contributed by atoms with Crippen LogP contribution in [0.5, 0.6) is 0 Å². The molecule has 0 spiro atoms. The molecule has 11 heteroatoms. The molecule has 0 radical (unpaired) electrons. The van der Waals surface area contributed by atoms with Gasteiger partial charge in [-0.15, -0.1) is 0 Å². The summed E-state index contributed by atoms with van der Waals surface area (Å²) in [5.41, 5.74) is 11.1. The number of hydroxylamine groups is 2. The Morgan fingerprint density at radius 2 is 1.62 bits per heavy atom. The highest BCUT2D eigenvalue weighted by atomic mass is 19.4. The Labute approximate surface area is 224 Å². The third-order valence-electron chi connectivity index (χ3n) is 6.34. The van der Waals surface area contributed by atoms with Gasteiger partial charge in [0.15, 0.2) is 5.54 Å². The molecule has 5 N–H and O–H groups in total. The lowest BCUT2D eigenvalue weighted by atomic mass is 9.92. The summed E-state index contributed by atoms with van der Waals surface area (Å²) >= 11 is 0. The minimum absolute atomic E-state index is 0.0230. The minimum Gasteiger partial charge on any atom is -0.350 e. The first-order chi connectivity index (χ1) is 18.5. The standard InChI is InChI=1S/C28H31F3N4O4/c1-27(15-8-16-32,25(37)34-18-19-9-3-2-4-10-19)35(39-26(38)28(29,30)31)24(36)23(33)17-21-13-7-12-20-11-5-6-14-22(20)21/h2-7,9-14,23H,8,15-18,32-33H2,1H3,(H,34,37)/t23-,27-/m0/s1. The molecule has 0 heterocycles. The summed E-state index contributed by atoms with van der Waals surface area (Å²) in [5, 5.41) is 4.47. The van der Waals surface area contributed by atoms with Crippen LogP contribution in [0.3, 0.4) is 0 Å². The molecule has 0 fully saturated rings. The lowest BCUT2D eigenvalue weighted by Gasteiger charge is -2.39. The fourth-order valence-corrected chi connectivity index (χ4v) is 4.19. The SMILES string of the molecule is C[C@](CCCN)(C(=O)NCc1ccccc1)N(OC(=O)C(F)(F)F)C(=O)[C@@H](N)Cc1cccc2ccccc12. The number of carbonyl (C=O) groups is 3. The van der Waals surface area contributed by atoms with Gasteiger partial charge in [0.25, 0.3) is 5.91 Å². The van der Waals surface area contributed by atoms with E-state index in [9.17, 15) is 27.6 Å². The van der Waals surface area contributed by atoms with Crippen molar-refractivity contribution < 1.29 is 32.4 Å². The average molecular weight is 545 g/mol. The topological polar surface area (TPSA) is 128 Å². The molecule has 39 heavy (non-hydrogen) atoms. The van der Waals surface area contributed by atoms with E-state index in [1.165, 1.54) is 6.92 Å². The highest BCUT2D eigenvalue weighted by Gasteiger charge is 2.50. The van der Waals surface area contributed by atoms with Crippen LogP contribution in [0.25, 0.3) is 10.8 Å². The number of carbonyl (C=O) groups excluding carboxylic acids is 3. The van der Waals surface area contributed by atoms with E-state index >= 15 is 0 Å². The first kappa shape index (κ1) is 29.6. The van der Waals surface area contributed by atoms with Gasteiger partial charge >= 0.3 is 12.1 Å². The predicted octanol–water partition coefficient (Wildman–Crippen LogP) is 3.37. The quantitative estimate of drug-likeness (QED) is 0.336. The van der Waals surface area contributed by atoms with E-state index in [1.54, 1.807) is 48.5 Å². The third-order valence-corrected chi connectivity index (χ3v) is 6.34. The number of hydrogen-bond donors (Lipinski definition) is 3. The number of amides is 2. The van der Waals surface area contributed by atoms with Gasteiger partial charge in [-0.1, -0.05) is 72.8 Å². The summed E-state index contributed by atoms with van der Waals surface area (Å²) in [6.45, 7) is 1.31. The first-order valence-electron chi connectivity index (χ1n) is 12.3. The van der Waals surface area contributed by atoms with Crippen molar-refractivity contribution in [2.45, 2.75) is 50.5 Å². The van der Waals surface area contributed by atoms with Crippen molar-refractivity contribution >= 4 is 28.6 Å². The molecule has 208 valence electrons. The van der Waals surface area contributed by atoms with E-state index in [2.05, 4.69) is 10.2 Å². The Morgan fingerprint density at radius 1 is 0.974 bits per heavy atom. The van der Waals surface area contributed by atoms with Gasteiger partial charge in [0.05, 0.1) is 6.04 Å². The molecule has 0 aromatic heterocycles. The molecule has 2 amide bonds. The number of halogens is 3. The summed E-state index contributed by atoms with van der Waals surface area (Å²) in [4.78, 5) is 43.5. The van der Waals surface area contributed by atoms with Gasteiger partial charge in [0.2, 0.25) is 5.91 Å². The number of hydrogen-bond acceptors (Lipinski definition) is 6. The van der Waals surface area contributed by atoms with Crippen molar-refractivity contribution in [2.24, 2.45) is 11.5 Å². The Kier molecular flexibility index (Phi) is 9.66. The van der Waals surface area contributed by atoms with Crippen molar-refractivity contribution in [3.05, 3.63) is 83.9 Å². The molecular formula is C28H31F3N4O4. The van der Waals surface area contributed by atoms with Crippen molar-refractivity contribution in [1.82, 2.24) is 10.4 Å². The van der Waals surface area contributed by atoms with Crippen LogP contribution in [-0.2, 0) is 32.2 Å². The van der Waals surface area contributed by atoms with Crippen molar-refractivity contribution in [2.75, 3.05) is 6.54 Å². The largest absolute Gasteiger partial charge is 0.493 e. The highest BCUT2D eigenvalue weighted by molar-refractivity contribution is 5.94. The monoisotopic (exact) mass is 544 g/mol. The lowest BCUT2D eigenvalue weighted by molar-refractivity contribution is -0.253. The van der Waals surface area contributed by atoms with Crippen LogP contribution in [0, 0.1) is 0 Å². The van der Waals surface area contributed by atoms with Gasteiger partial charge in [-0.05, 0) is 54.6 Å². The van der Waals surface area contributed by atoms with Gasteiger partial charge in [-0.2, -0.15) is 18.2 Å². The van der Waals surface area contributed by atoms with Crippen LogP contribution in [-0.4, -0.2) is 47.1 Å². The second kappa shape index (κ2) is 12.7. The van der Waals surface area contributed by atoms with Crippen molar-refractivity contribution in [3.63, 3.8) is 0 Å². The molecule has 8 nitrogen and oxygen atoms in total. The van der Waals surface area contributed by atoms with E-state index in [0.29, 0.717) is 11.1 Å². The van der Waals surface area contributed by atoms with Gasteiger partial charge in [-0.25, -0.2) is 4.79 Å². The Balaban J connectivity index is 1.95. The number of nitrogens with zero attached hydrogens (tertiary/aromatic N) is 1. The number of alkyl halides is 3. The van der Waals surface area contributed by atoms with Gasteiger partial charge in [0, 0.05) is 6.54 Å². The summed E-state index contributed by atoms with van der Waals surface area (Å²) < 4.78 is 39.7. The zero-order valence-electron chi connectivity index (χ0n) is 21.4. The maximum Gasteiger partial charge on any atom is 0.493 e. The van der Waals surface area contributed by atoms with Crippen LogP contribution < -0.4 is 16.8 Å². The molecule has 0 aliphatic carbocycles. The smallest absolute Gasteiger partial charge is 0.350 e. The maximum atomic E-state index is 13.6. The Hall–Kier alpha value is -3.96. The predicted molar refractivity (Wildman–Crippen MR) is 140 cm³/mol. The highest BCUT2D eigenvalue weighted by Crippen LogP contribution is 2.28. The molecule has 0 aliphatic rings. The van der Waals surface area contributed by atoms with Gasteiger partial charge < -0.3 is 21.6 Å². The zero-order chi connectivity index (χ0) is 28.6. The Morgan fingerprint density at radius 3 is 2.28 bits per heavy atom. The normalized spacial score (nSPS) is 13.8. The van der Waals surface area contributed by atoms with Gasteiger partial charge in [0.1, 0.15) is 0 Å². The summed E-state index contributed by atoms with van der Waals surface area (Å²) in [5.74, 6) is -4.64. The Bertz CT molecular complexity index is 1300. The fourth-order valence-electron chi connectivity index (χ4n) is 4.19. The summed E-state index contributed by atoms with van der Waals surface area (Å²) in [6, 6.07) is 20.0. The third kappa shape index (κ3) is 7.33. The van der Waals surface area contributed by atoms with E-state index < -0.39 is 35.5 Å². The molecule has 0 saturated heterocycles. The molecule has 0 unspecified atom stereocenters.